The molecule has 1 aliphatic carbocycles. The number of amides is 3. The molecule has 0 spiro atoms. The van der Waals surface area contributed by atoms with Crippen LogP contribution in [0.3, 0.4) is 0 Å². The SMILES string of the molecule is O=C(O)Cc1csc(NC(=O)N2CCN(C(=O)c3cccc(OCCC4CCCCC4)c3)CC2)n1. The number of carboxylic acid groups (broad SMARTS) is 1. The van der Waals surface area contributed by atoms with Crippen molar-refractivity contribution in [3.63, 3.8) is 0 Å². The number of thiazole rings is 1. The minimum absolute atomic E-state index is 0.0685. The minimum Gasteiger partial charge on any atom is -0.494 e. The van der Waals surface area contributed by atoms with E-state index in [9.17, 15) is 14.4 Å². The normalized spacial score (nSPS) is 16.7. The highest BCUT2D eigenvalue weighted by atomic mass is 32.1. The Labute approximate surface area is 209 Å². The Hall–Kier alpha value is -3.14. The van der Waals surface area contributed by atoms with E-state index >= 15 is 0 Å². The highest BCUT2D eigenvalue weighted by Crippen LogP contribution is 2.26. The minimum atomic E-state index is -0.967. The van der Waals surface area contributed by atoms with Gasteiger partial charge >= 0.3 is 12.0 Å². The van der Waals surface area contributed by atoms with Gasteiger partial charge in [-0.1, -0.05) is 38.2 Å². The molecule has 188 valence electrons. The van der Waals surface area contributed by atoms with Crippen LogP contribution in [-0.2, 0) is 11.2 Å². The van der Waals surface area contributed by atoms with Crippen LogP contribution in [0.15, 0.2) is 29.6 Å². The first-order chi connectivity index (χ1) is 17.0. The number of aromatic nitrogens is 1. The first-order valence-electron chi connectivity index (χ1n) is 12.2. The first kappa shape index (κ1) is 25.0. The molecule has 10 heteroatoms. The van der Waals surface area contributed by atoms with E-state index in [1.165, 1.54) is 43.4 Å². The van der Waals surface area contributed by atoms with Crippen LogP contribution in [0, 0.1) is 5.92 Å². The van der Waals surface area contributed by atoms with E-state index in [-0.39, 0.29) is 18.4 Å². The first-order valence-corrected chi connectivity index (χ1v) is 13.1. The second kappa shape index (κ2) is 12.0. The molecule has 0 radical (unpaired) electrons. The maximum atomic E-state index is 13.0. The van der Waals surface area contributed by atoms with Crippen molar-refractivity contribution in [2.24, 2.45) is 5.92 Å². The van der Waals surface area contributed by atoms with Gasteiger partial charge in [-0.3, -0.25) is 14.9 Å². The van der Waals surface area contributed by atoms with Gasteiger partial charge in [0.2, 0.25) is 0 Å². The Morgan fingerprint density at radius 3 is 2.57 bits per heavy atom. The van der Waals surface area contributed by atoms with Gasteiger partial charge in [0.15, 0.2) is 5.13 Å². The van der Waals surface area contributed by atoms with Crippen LogP contribution in [0.25, 0.3) is 0 Å². The van der Waals surface area contributed by atoms with Crippen LogP contribution < -0.4 is 10.1 Å². The summed E-state index contributed by atoms with van der Waals surface area (Å²) in [6.07, 6.45) is 7.46. The molecule has 1 aromatic heterocycles. The zero-order valence-electron chi connectivity index (χ0n) is 19.8. The van der Waals surface area contributed by atoms with Crippen LogP contribution in [0.1, 0.15) is 54.6 Å². The Bertz CT molecular complexity index is 1030. The molecule has 2 heterocycles. The number of nitrogens with zero attached hydrogens (tertiary/aromatic N) is 3. The molecular weight excluding hydrogens is 468 g/mol. The molecule has 2 fully saturated rings. The summed E-state index contributed by atoms with van der Waals surface area (Å²) in [4.78, 5) is 43.9. The monoisotopic (exact) mass is 500 g/mol. The molecule has 1 aliphatic heterocycles. The average Bonchev–Trinajstić information content (AvgIpc) is 3.30. The maximum Gasteiger partial charge on any atom is 0.323 e. The summed E-state index contributed by atoms with van der Waals surface area (Å²) in [6, 6.07) is 7.04. The molecule has 2 N–H and O–H groups in total. The molecule has 35 heavy (non-hydrogen) atoms. The van der Waals surface area contributed by atoms with Crippen molar-refractivity contribution in [2.75, 3.05) is 38.1 Å². The molecule has 2 aliphatic rings. The average molecular weight is 501 g/mol. The molecule has 0 bridgehead atoms. The van der Waals surface area contributed by atoms with Crippen LogP contribution in [0.4, 0.5) is 9.93 Å². The largest absolute Gasteiger partial charge is 0.494 e. The molecule has 9 nitrogen and oxygen atoms in total. The summed E-state index contributed by atoms with van der Waals surface area (Å²) in [6.45, 7) is 2.35. The summed E-state index contributed by atoms with van der Waals surface area (Å²) in [5.74, 6) is 0.436. The fourth-order valence-electron chi connectivity index (χ4n) is 4.60. The smallest absolute Gasteiger partial charge is 0.323 e. The van der Waals surface area contributed by atoms with Gasteiger partial charge in [-0.2, -0.15) is 0 Å². The number of nitrogens with one attached hydrogen (secondary N) is 1. The molecule has 3 amide bonds. The highest BCUT2D eigenvalue weighted by molar-refractivity contribution is 7.13. The number of carbonyl (C=O) groups excluding carboxylic acids is 2. The number of carboxylic acids is 1. The quantitative estimate of drug-likeness (QED) is 0.564. The number of hydrogen-bond acceptors (Lipinski definition) is 6. The van der Waals surface area contributed by atoms with Gasteiger partial charge in [0, 0.05) is 37.1 Å². The third-order valence-corrected chi connectivity index (χ3v) is 7.36. The van der Waals surface area contributed by atoms with Gasteiger partial charge in [0.25, 0.3) is 5.91 Å². The lowest BCUT2D eigenvalue weighted by Gasteiger charge is -2.34. The van der Waals surface area contributed by atoms with Crippen LogP contribution in [0.5, 0.6) is 5.75 Å². The van der Waals surface area contributed by atoms with Crippen LogP contribution >= 0.6 is 11.3 Å². The summed E-state index contributed by atoms with van der Waals surface area (Å²) in [5, 5.41) is 13.5. The van der Waals surface area contributed by atoms with Gasteiger partial charge in [-0.25, -0.2) is 9.78 Å². The van der Waals surface area contributed by atoms with Crippen molar-refractivity contribution in [1.82, 2.24) is 14.8 Å². The zero-order chi connectivity index (χ0) is 24.6. The Kier molecular flexibility index (Phi) is 8.57. The molecule has 0 unspecified atom stereocenters. The van der Waals surface area contributed by atoms with Crippen molar-refractivity contribution in [3.8, 4) is 5.75 Å². The number of rotatable bonds is 8. The number of anilines is 1. The fraction of sp³-hybridized carbons (Fsp3) is 0.520. The fourth-order valence-corrected chi connectivity index (χ4v) is 5.30. The molecule has 1 saturated heterocycles. The number of piperazine rings is 1. The number of carbonyl (C=O) groups is 3. The molecule has 0 atom stereocenters. The Morgan fingerprint density at radius 2 is 1.83 bits per heavy atom. The summed E-state index contributed by atoms with van der Waals surface area (Å²) >= 11 is 1.19. The number of ether oxygens (including phenoxy) is 1. The predicted molar refractivity (Wildman–Crippen MR) is 133 cm³/mol. The number of aliphatic carboxylic acids is 1. The zero-order valence-corrected chi connectivity index (χ0v) is 20.6. The van der Waals surface area contributed by atoms with Gasteiger partial charge in [-0.05, 0) is 30.5 Å². The lowest BCUT2D eigenvalue weighted by molar-refractivity contribution is -0.136. The number of hydrogen-bond donors (Lipinski definition) is 2. The van der Waals surface area contributed by atoms with Crippen LogP contribution in [0.2, 0.25) is 0 Å². The lowest BCUT2D eigenvalue weighted by atomic mass is 9.87. The third kappa shape index (κ3) is 7.17. The molecule has 1 aromatic carbocycles. The van der Waals surface area contributed by atoms with Crippen molar-refractivity contribution in [3.05, 3.63) is 40.9 Å². The van der Waals surface area contributed by atoms with Gasteiger partial charge in [0.05, 0.1) is 18.7 Å². The van der Waals surface area contributed by atoms with Gasteiger partial charge in [0.1, 0.15) is 5.75 Å². The molecule has 4 rings (SSSR count). The molecule has 2 aromatic rings. The van der Waals surface area contributed by atoms with E-state index in [0.29, 0.717) is 49.2 Å². The number of benzene rings is 1. The van der Waals surface area contributed by atoms with E-state index in [4.69, 9.17) is 9.84 Å². The van der Waals surface area contributed by atoms with Gasteiger partial charge in [-0.15, -0.1) is 11.3 Å². The second-order valence-corrected chi connectivity index (χ2v) is 9.95. The van der Waals surface area contributed by atoms with Crippen molar-refractivity contribution in [1.29, 1.82) is 0 Å². The van der Waals surface area contributed by atoms with E-state index in [1.54, 1.807) is 27.3 Å². The maximum absolute atomic E-state index is 13.0. The summed E-state index contributed by atoms with van der Waals surface area (Å²) < 4.78 is 5.95. The topological polar surface area (TPSA) is 112 Å². The summed E-state index contributed by atoms with van der Waals surface area (Å²) in [5.41, 5.74) is 1.00. The number of urea groups is 1. The van der Waals surface area contributed by atoms with E-state index in [2.05, 4.69) is 10.3 Å². The van der Waals surface area contributed by atoms with Crippen molar-refractivity contribution < 1.29 is 24.2 Å². The second-order valence-electron chi connectivity index (χ2n) is 9.09. The van der Waals surface area contributed by atoms with Crippen molar-refractivity contribution in [2.45, 2.75) is 44.9 Å². The Morgan fingerprint density at radius 1 is 1.09 bits per heavy atom. The summed E-state index contributed by atoms with van der Waals surface area (Å²) in [7, 11) is 0. The van der Waals surface area contributed by atoms with Crippen molar-refractivity contribution >= 4 is 34.4 Å². The van der Waals surface area contributed by atoms with E-state index in [1.807, 2.05) is 12.1 Å². The predicted octanol–water partition coefficient (Wildman–Crippen LogP) is 4.11. The van der Waals surface area contributed by atoms with E-state index in [0.717, 1.165) is 18.1 Å². The Balaban J connectivity index is 1.23. The highest BCUT2D eigenvalue weighted by Gasteiger charge is 2.25. The standard InChI is InChI=1S/C25H32N4O5S/c30-22(31)16-20-17-35-24(26-20)27-25(33)29-12-10-28(11-13-29)23(32)19-7-4-8-21(15-19)34-14-9-18-5-2-1-3-6-18/h4,7-8,15,17-18H,1-3,5-6,9-14,16H2,(H,30,31)(H,26,27,33). The molecule has 1 saturated carbocycles. The van der Waals surface area contributed by atoms with E-state index < -0.39 is 5.97 Å². The lowest BCUT2D eigenvalue weighted by Crippen LogP contribution is -2.51. The van der Waals surface area contributed by atoms with Gasteiger partial charge < -0.3 is 19.6 Å². The van der Waals surface area contributed by atoms with Crippen LogP contribution in [-0.4, -0.2) is 70.6 Å². The third-order valence-electron chi connectivity index (χ3n) is 6.55. The molecular formula is C25H32N4O5S.